The van der Waals surface area contributed by atoms with E-state index in [1.807, 2.05) is 0 Å². The van der Waals surface area contributed by atoms with Crippen molar-refractivity contribution in [1.29, 1.82) is 0 Å². The zero-order valence-corrected chi connectivity index (χ0v) is 22.5. The number of carbonyl (C=O) groups is 2. The Kier molecular flexibility index (Phi) is 9.00. The largest absolute Gasteiger partial charge is 0.491 e. The van der Waals surface area contributed by atoms with Crippen LogP contribution in [0.5, 0.6) is 5.75 Å². The number of aromatic carboxylic acids is 1. The molecule has 2 aromatic heterocycles. The van der Waals surface area contributed by atoms with E-state index in [2.05, 4.69) is 20.7 Å². The minimum atomic E-state index is -1.13. The van der Waals surface area contributed by atoms with Crippen molar-refractivity contribution >= 4 is 46.6 Å². The lowest BCUT2D eigenvalue weighted by Gasteiger charge is -2.13. The number of urea groups is 1. The van der Waals surface area contributed by atoms with E-state index >= 15 is 0 Å². The molecule has 0 aliphatic heterocycles. The summed E-state index contributed by atoms with van der Waals surface area (Å²) in [6.07, 6.45) is 2.64. The minimum absolute atomic E-state index is 0.00790. The first-order chi connectivity index (χ1) is 19.2. The summed E-state index contributed by atoms with van der Waals surface area (Å²) in [4.78, 5) is 41.2. The number of aryl methyl sites for hydroxylation is 1. The van der Waals surface area contributed by atoms with Gasteiger partial charge in [-0.15, -0.1) is 0 Å². The zero-order chi connectivity index (χ0) is 28.8. The van der Waals surface area contributed by atoms with Gasteiger partial charge >= 0.3 is 12.0 Å². The third-order valence-electron chi connectivity index (χ3n) is 5.62. The predicted molar refractivity (Wildman–Crippen MR) is 151 cm³/mol. The molecule has 0 fully saturated rings. The Hall–Kier alpha value is -4.45. The molecule has 2 amide bonds. The lowest BCUT2D eigenvalue weighted by molar-refractivity contribution is 0.0696. The van der Waals surface area contributed by atoms with Gasteiger partial charge in [0.2, 0.25) is 0 Å². The Labute approximate surface area is 238 Å². The number of aliphatic hydroxyl groups is 1. The number of ether oxygens (including phenoxy) is 1. The average Bonchev–Trinajstić information content (AvgIpc) is 2.95. The van der Waals surface area contributed by atoms with Crippen LogP contribution in [-0.2, 0) is 6.54 Å². The second-order valence-electron chi connectivity index (χ2n) is 8.33. The van der Waals surface area contributed by atoms with Gasteiger partial charge in [-0.05, 0) is 48.4 Å². The molecule has 4 rings (SSSR count). The number of hydrogen-bond acceptors (Lipinski definition) is 7. The van der Waals surface area contributed by atoms with Crippen molar-refractivity contribution in [3.63, 3.8) is 0 Å². The second kappa shape index (κ2) is 12.6. The molecule has 0 radical (unpaired) electrons. The van der Waals surface area contributed by atoms with Crippen LogP contribution in [0.15, 0.2) is 65.7 Å². The smallest absolute Gasteiger partial charge is 0.335 e. The van der Waals surface area contributed by atoms with Crippen molar-refractivity contribution in [3.05, 3.63) is 86.9 Å². The Morgan fingerprint density at radius 1 is 1.00 bits per heavy atom. The van der Waals surface area contributed by atoms with E-state index in [0.717, 1.165) is 0 Å². The van der Waals surface area contributed by atoms with Crippen LogP contribution in [0, 0.1) is 0 Å². The van der Waals surface area contributed by atoms with E-state index in [1.165, 1.54) is 35.3 Å². The summed E-state index contributed by atoms with van der Waals surface area (Å²) < 4.78 is 6.65. The monoisotopic (exact) mass is 583 g/mol. The van der Waals surface area contributed by atoms with E-state index in [-0.39, 0.29) is 46.7 Å². The number of rotatable bonds is 9. The fraction of sp³-hybridized carbons (Fsp3) is 0.148. The van der Waals surface area contributed by atoms with Crippen LogP contribution in [0.3, 0.4) is 0 Å². The first-order valence-corrected chi connectivity index (χ1v) is 12.7. The van der Waals surface area contributed by atoms with Gasteiger partial charge in [-0.3, -0.25) is 9.78 Å². The number of benzene rings is 2. The Morgan fingerprint density at radius 3 is 2.40 bits per heavy atom. The van der Waals surface area contributed by atoms with Crippen LogP contribution in [0.25, 0.3) is 22.4 Å². The second-order valence-corrected chi connectivity index (χ2v) is 9.14. The Morgan fingerprint density at radius 2 is 1.73 bits per heavy atom. The van der Waals surface area contributed by atoms with Gasteiger partial charge in [0.05, 0.1) is 33.6 Å². The van der Waals surface area contributed by atoms with Crippen LogP contribution in [-0.4, -0.2) is 50.2 Å². The van der Waals surface area contributed by atoms with E-state index in [9.17, 15) is 19.5 Å². The maximum absolute atomic E-state index is 12.9. The Bertz CT molecular complexity index is 1620. The highest BCUT2D eigenvalue weighted by Crippen LogP contribution is 2.31. The van der Waals surface area contributed by atoms with Crippen LogP contribution >= 0.6 is 23.2 Å². The summed E-state index contributed by atoms with van der Waals surface area (Å²) in [5.41, 5.74) is 1.78. The quantitative estimate of drug-likeness (QED) is 0.214. The molecule has 0 unspecified atom stereocenters. The number of amides is 2. The fourth-order valence-electron chi connectivity index (χ4n) is 3.78. The third-order valence-corrected chi connectivity index (χ3v) is 6.19. The van der Waals surface area contributed by atoms with E-state index in [1.54, 1.807) is 37.3 Å². The first kappa shape index (κ1) is 28.6. The van der Waals surface area contributed by atoms with Crippen molar-refractivity contribution in [2.24, 2.45) is 0 Å². The van der Waals surface area contributed by atoms with Crippen LogP contribution < -0.4 is 20.9 Å². The molecule has 0 bridgehead atoms. The number of pyridine rings is 1. The van der Waals surface area contributed by atoms with Crippen LogP contribution in [0.4, 0.5) is 16.2 Å². The summed E-state index contributed by atoms with van der Waals surface area (Å²) in [6, 6.07) is 12.3. The van der Waals surface area contributed by atoms with Gasteiger partial charge in [0.15, 0.2) is 0 Å². The number of anilines is 2. The van der Waals surface area contributed by atoms with Crippen LogP contribution in [0.1, 0.15) is 17.3 Å². The highest BCUT2D eigenvalue weighted by Gasteiger charge is 2.16. The maximum atomic E-state index is 12.9. The predicted octanol–water partition coefficient (Wildman–Crippen LogP) is 5.01. The van der Waals surface area contributed by atoms with Gasteiger partial charge in [0, 0.05) is 24.5 Å². The van der Waals surface area contributed by atoms with Crippen LogP contribution in [0.2, 0.25) is 10.0 Å². The molecule has 0 saturated heterocycles. The standard InChI is InChI=1S/C27H23Cl2N5O6/c1-2-34-25(36)23(31-27(39)32-24-20(28)13-30-14-21(24)29)12-22(33-34)16-5-3-4-15(8-16)17-9-18(26(37)38)11-19(10-17)40-7-6-35/h3-5,8-14,35H,2,6-7H2,1H3,(H,37,38)(H2,30,31,32,39). The number of nitrogens with zero attached hydrogens (tertiary/aromatic N) is 3. The van der Waals surface area contributed by atoms with Crippen molar-refractivity contribution in [3.8, 4) is 28.1 Å². The number of halogens is 2. The summed E-state index contributed by atoms with van der Waals surface area (Å²) in [5, 5.41) is 28.3. The first-order valence-electron chi connectivity index (χ1n) is 11.9. The van der Waals surface area contributed by atoms with E-state index in [0.29, 0.717) is 28.1 Å². The lowest BCUT2D eigenvalue weighted by atomic mass is 9.99. The maximum Gasteiger partial charge on any atom is 0.335 e. The topological polar surface area (TPSA) is 156 Å². The molecule has 40 heavy (non-hydrogen) atoms. The number of nitrogens with one attached hydrogen (secondary N) is 2. The van der Waals surface area contributed by atoms with E-state index < -0.39 is 17.6 Å². The molecule has 4 aromatic rings. The summed E-state index contributed by atoms with van der Waals surface area (Å²) in [6.45, 7) is 1.75. The highest BCUT2D eigenvalue weighted by atomic mass is 35.5. The number of carbonyl (C=O) groups excluding carboxylic acids is 1. The number of aromatic nitrogens is 3. The highest BCUT2D eigenvalue weighted by molar-refractivity contribution is 6.39. The summed E-state index contributed by atoms with van der Waals surface area (Å²) in [5.74, 6) is -0.842. The van der Waals surface area contributed by atoms with Crippen molar-refractivity contribution in [2.45, 2.75) is 13.5 Å². The van der Waals surface area contributed by atoms with Crippen molar-refractivity contribution < 1.29 is 24.5 Å². The minimum Gasteiger partial charge on any atom is -0.491 e. The average molecular weight is 584 g/mol. The molecule has 13 heteroatoms. The zero-order valence-electron chi connectivity index (χ0n) is 21.0. The number of carboxylic acids is 1. The molecule has 206 valence electrons. The van der Waals surface area contributed by atoms with Gasteiger partial charge in [-0.1, -0.05) is 41.4 Å². The number of carboxylic acid groups (broad SMARTS) is 1. The van der Waals surface area contributed by atoms with Gasteiger partial charge in [-0.25, -0.2) is 14.3 Å². The normalized spacial score (nSPS) is 10.7. The van der Waals surface area contributed by atoms with Gasteiger partial charge in [-0.2, -0.15) is 5.10 Å². The molecular weight excluding hydrogens is 561 g/mol. The molecule has 0 saturated carbocycles. The molecule has 2 heterocycles. The lowest BCUT2D eigenvalue weighted by Crippen LogP contribution is -2.29. The molecule has 0 aliphatic carbocycles. The number of hydrogen-bond donors (Lipinski definition) is 4. The number of aliphatic hydroxyl groups excluding tert-OH is 1. The van der Waals surface area contributed by atoms with Crippen molar-refractivity contribution in [1.82, 2.24) is 14.8 Å². The van der Waals surface area contributed by atoms with Gasteiger partial charge < -0.3 is 25.6 Å². The molecule has 0 aliphatic rings. The van der Waals surface area contributed by atoms with Gasteiger partial charge in [0.25, 0.3) is 5.56 Å². The molecule has 0 spiro atoms. The molecule has 0 atom stereocenters. The van der Waals surface area contributed by atoms with Gasteiger partial charge in [0.1, 0.15) is 18.0 Å². The fourth-order valence-corrected chi connectivity index (χ4v) is 4.24. The molecule has 11 nitrogen and oxygen atoms in total. The third kappa shape index (κ3) is 6.57. The molecule has 2 aromatic carbocycles. The molecule has 4 N–H and O–H groups in total. The summed E-state index contributed by atoms with van der Waals surface area (Å²) >= 11 is 12.1. The SMILES string of the molecule is CCn1nc(-c2cccc(-c3cc(OCCO)cc(C(=O)O)c3)c2)cc(NC(=O)Nc2c(Cl)cncc2Cl)c1=O. The molecular formula is C27H23Cl2N5O6. The van der Waals surface area contributed by atoms with E-state index in [4.69, 9.17) is 33.0 Å². The Balaban J connectivity index is 1.70. The summed E-state index contributed by atoms with van der Waals surface area (Å²) in [7, 11) is 0. The van der Waals surface area contributed by atoms with Crippen molar-refractivity contribution in [2.75, 3.05) is 23.8 Å².